The lowest BCUT2D eigenvalue weighted by Crippen LogP contribution is -2.49. The van der Waals surface area contributed by atoms with Gasteiger partial charge in [-0.05, 0) is 46.5 Å². The second kappa shape index (κ2) is 5.59. The van der Waals surface area contributed by atoms with Crippen molar-refractivity contribution >= 4 is 33.4 Å². The normalized spacial score (nSPS) is 24.1. The van der Waals surface area contributed by atoms with Crippen LogP contribution in [0.25, 0.3) is 0 Å². The molecule has 0 bridgehead atoms. The lowest BCUT2D eigenvalue weighted by atomic mass is 9.94. The number of amides is 1. The summed E-state index contributed by atoms with van der Waals surface area (Å²) in [5.41, 5.74) is 6.62. The standard InChI is InChI=1S/C13H16BrClN2O/c1-8-4-5-17(7-12(8)16)13(18)10-6-9(15)2-3-11(10)14/h2-3,6,8,12H,4-5,7,16H2,1H3. The summed E-state index contributed by atoms with van der Waals surface area (Å²) in [6.07, 6.45) is 0.949. The smallest absolute Gasteiger partial charge is 0.255 e. The van der Waals surface area contributed by atoms with E-state index in [4.69, 9.17) is 17.3 Å². The molecule has 98 valence electrons. The van der Waals surface area contributed by atoms with Crippen LogP contribution in [0, 0.1) is 5.92 Å². The van der Waals surface area contributed by atoms with Crippen molar-refractivity contribution in [3.05, 3.63) is 33.3 Å². The molecule has 2 atom stereocenters. The van der Waals surface area contributed by atoms with Gasteiger partial charge in [-0.2, -0.15) is 0 Å². The minimum atomic E-state index is -0.00766. The largest absolute Gasteiger partial charge is 0.337 e. The lowest BCUT2D eigenvalue weighted by molar-refractivity contribution is 0.0671. The lowest BCUT2D eigenvalue weighted by Gasteiger charge is -2.35. The van der Waals surface area contributed by atoms with Gasteiger partial charge in [0.05, 0.1) is 5.56 Å². The summed E-state index contributed by atoms with van der Waals surface area (Å²) < 4.78 is 0.768. The first-order chi connectivity index (χ1) is 8.49. The molecule has 0 radical (unpaired) electrons. The van der Waals surface area contributed by atoms with Gasteiger partial charge < -0.3 is 10.6 Å². The molecule has 1 saturated heterocycles. The zero-order chi connectivity index (χ0) is 13.3. The van der Waals surface area contributed by atoms with Crippen molar-refractivity contribution in [2.24, 2.45) is 11.7 Å². The van der Waals surface area contributed by atoms with Gasteiger partial charge in [-0.1, -0.05) is 18.5 Å². The van der Waals surface area contributed by atoms with Crippen molar-refractivity contribution < 1.29 is 4.79 Å². The Kier molecular flexibility index (Phi) is 4.30. The molecule has 2 unspecified atom stereocenters. The fourth-order valence-corrected chi connectivity index (χ4v) is 2.70. The molecule has 1 aromatic carbocycles. The number of likely N-dealkylation sites (tertiary alicyclic amines) is 1. The molecule has 5 heteroatoms. The quantitative estimate of drug-likeness (QED) is 0.860. The van der Waals surface area contributed by atoms with Crippen molar-refractivity contribution in [3.8, 4) is 0 Å². The van der Waals surface area contributed by atoms with Gasteiger partial charge in [0.1, 0.15) is 0 Å². The molecule has 2 N–H and O–H groups in total. The summed E-state index contributed by atoms with van der Waals surface area (Å²) in [6, 6.07) is 5.30. The summed E-state index contributed by atoms with van der Waals surface area (Å²) in [5, 5.41) is 0.566. The summed E-state index contributed by atoms with van der Waals surface area (Å²) in [7, 11) is 0. The number of hydrogen-bond acceptors (Lipinski definition) is 2. The van der Waals surface area contributed by atoms with Crippen LogP contribution in [-0.4, -0.2) is 29.9 Å². The monoisotopic (exact) mass is 330 g/mol. The second-order valence-corrected chi connectivity index (χ2v) is 6.10. The molecular formula is C13H16BrClN2O. The molecule has 0 aromatic heterocycles. The average Bonchev–Trinajstić information content (AvgIpc) is 2.35. The van der Waals surface area contributed by atoms with E-state index in [1.165, 1.54) is 0 Å². The van der Waals surface area contributed by atoms with E-state index in [0.717, 1.165) is 17.4 Å². The fourth-order valence-electron chi connectivity index (χ4n) is 2.12. The van der Waals surface area contributed by atoms with Crippen molar-refractivity contribution in [2.45, 2.75) is 19.4 Å². The maximum absolute atomic E-state index is 12.4. The molecule has 0 aliphatic carbocycles. The van der Waals surface area contributed by atoms with E-state index in [2.05, 4.69) is 22.9 Å². The Balaban J connectivity index is 2.19. The summed E-state index contributed by atoms with van der Waals surface area (Å²) in [4.78, 5) is 14.2. The fraction of sp³-hybridized carbons (Fsp3) is 0.462. The van der Waals surface area contributed by atoms with Crippen molar-refractivity contribution in [1.29, 1.82) is 0 Å². The maximum Gasteiger partial charge on any atom is 0.255 e. The topological polar surface area (TPSA) is 46.3 Å². The van der Waals surface area contributed by atoms with Crippen molar-refractivity contribution in [1.82, 2.24) is 4.90 Å². The number of nitrogens with two attached hydrogens (primary N) is 1. The first-order valence-corrected chi connectivity index (χ1v) is 7.16. The highest BCUT2D eigenvalue weighted by molar-refractivity contribution is 9.10. The van der Waals surface area contributed by atoms with E-state index in [-0.39, 0.29) is 11.9 Å². The van der Waals surface area contributed by atoms with Crippen LogP contribution in [0.15, 0.2) is 22.7 Å². The Bertz CT molecular complexity index is 466. The number of benzene rings is 1. The number of carbonyl (C=O) groups excluding carboxylic acids is 1. The molecule has 1 heterocycles. The number of piperidine rings is 1. The van der Waals surface area contributed by atoms with Gasteiger partial charge in [0.2, 0.25) is 0 Å². The molecule has 3 nitrogen and oxygen atoms in total. The minimum Gasteiger partial charge on any atom is -0.337 e. The van der Waals surface area contributed by atoms with Gasteiger partial charge in [0, 0.05) is 28.6 Å². The van der Waals surface area contributed by atoms with Crippen molar-refractivity contribution in [3.63, 3.8) is 0 Å². The molecule has 0 spiro atoms. The highest BCUT2D eigenvalue weighted by Crippen LogP contribution is 2.24. The van der Waals surface area contributed by atoms with E-state index in [1.54, 1.807) is 23.1 Å². The Labute approximate surface area is 120 Å². The summed E-state index contributed by atoms with van der Waals surface area (Å²) in [5.74, 6) is 0.462. The van der Waals surface area contributed by atoms with E-state index < -0.39 is 0 Å². The van der Waals surface area contributed by atoms with Crippen LogP contribution < -0.4 is 5.73 Å². The number of hydrogen-bond donors (Lipinski definition) is 1. The van der Waals surface area contributed by atoms with Gasteiger partial charge >= 0.3 is 0 Å². The van der Waals surface area contributed by atoms with Crippen LogP contribution >= 0.6 is 27.5 Å². The molecular weight excluding hydrogens is 316 g/mol. The second-order valence-electron chi connectivity index (χ2n) is 4.81. The molecule has 2 rings (SSSR count). The van der Waals surface area contributed by atoms with E-state index >= 15 is 0 Å². The highest BCUT2D eigenvalue weighted by atomic mass is 79.9. The van der Waals surface area contributed by atoms with Crippen LogP contribution in [0.1, 0.15) is 23.7 Å². The molecule has 1 amide bonds. The van der Waals surface area contributed by atoms with Crippen LogP contribution in [0.3, 0.4) is 0 Å². The third kappa shape index (κ3) is 2.87. The zero-order valence-electron chi connectivity index (χ0n) is 10.2. The number of carbonyl (C=O) groups is 1. The third-order valence-electron chi connectivity index (χ3n) is 3.46. The van der Waals surface area contributed by atoms with Crippen LogP contribution in [0.2, 0.25) is 5.02 Å². The molecule has 1 aliphatic rings. The molecule has 18 heavy (non-hydrogen) atoms. The van der Waals surface area contributed by atoms with Crippen LogP contribution in [-0.2, 0) is 0 Å². The predicted molar refractivity (Wildman–Crippen MR) is 76.8 cm³/mol. The molecule has 1 fully saturated rings. The van der Waals surface area contributed by atoms with E-state index in [0.29, 0.717) is 23.0 Å². The molecule has 1 aliphatic heterocycles. The molecule has 0 saturated carbocycles. The van der Waals surface area contributed by atoms with Gasteiger partial charge in [0.15, 0.2) is 0 Å². The Hall–Kier alpha value is -0.580. The third-order valence-corrected chi connectivity index (χ3v) is 4.39. The number of rotatable bonds is 1. The van der Waals surface area contributed by atoms with E-state index in [9.17, 15) is 4.79 Å². The highest BCUT2D eigenvalue weighted by Gasteiger charge is 2.27. The molecule has 1 aromatic rings. The number of nitrogens with zero attached hydrogens (tertiary/aromatic N) is 1. The van der Waals surface area contributed by atoms with Gasteiger partial charge in [0.25, 0.3) is 5.91 Å². The number of halogens is 2. The van der Waals surface area contributed by atoms with E-state index in [1.807, 2.05) is 0 Å². The van der Waals surface area contributed by atoms with Crippen molar-refractivity contribution in [2.75, 3.05) is 13.1 Å². The van der Waals surface area contributed by atoms with Crippen LogP contribution in [0.5, 0.6) is 0 Å². The first-order valence-electron chi connectivity index (χ1n) is 5.99. The Morgan fingerprint density at radius 2 is 2.28 bits per heavy atom. The minimum absolute atomic E-state index is 0.00766. The summed E-state index contributed by atoms with van der Waals surface area (Å²) in [6.45, 7) is 3.49. The van der Waals surface area contributed by atoms with Gasteiger partial charge in [-0.25, -0.2) is 0 Å². The Morgan fingerprint density at radius 1 is 1.56 bits per heavy atom. The average molecular weight is 332 g/mol. The SMILES string of the molecule is CC1CCN(C(=O)c2cc(Cl)ccc2Br)CC1N. The van der Waals surface area contributed by atoms with Gasteiger partial charge in [-0.3, -0.25) is 4.79 Å². The first kappa shape index (κ1) is 13.8. The zero-order valence-corrected chi connectivity index (χ0v) is 12.5. The van der Waals surface area contributed by atoms with Crippen LogP contribution in [0.4, 0.5) is 0 Å². The Morgan fingerprint density at radius 3 is 2.94 bits per heavy atom. The predicted octanol–water partition coefficient (Wildman–Crippen LogP) is 2.91. The maximum atomic E-state index is 12.4. The van der Waals surface area contributed by atoms with Gasteiger partial charge in [-0.15, -0.1) is 0 Å². The summed E-state index contributed by atoms with van der Waals surface area (Å²) >= 11 is 9.32.